The molecule has 1 aromatic carbocycles. The Morgan fingerprint density at radius 3 is 2.64 bits per heavy atom. The predicted molar refractivity (Wildman–Crippen MR) is 89.2 cm³/mol. The van der Waals surface area contributed by atoms with Gasteiger partial charge in [0.1, 0.15) is 5.75 Å². The van der Waals surface area contributed by atoms with Crippen molar-refractivity contribution < 1.29 is 9.53 Å². The van der Waals surface area contributed by atoms with E-state index in [9.17, 15) is 4.79 Å². The summed E-state index contributed by atoms with van der Waals surface area (Å²) in [6, 6.07) is 5.82. The quantitative estimate of drug-likeness (QED) is 0.924. The molecule has 5 nitrogen and oxygen atoms in total. The minimum Gasteiger partial charge on any atom is -0.482 e. The van der Waals surface area contributed by atoms with Crippen LogP contribution < -0.4 is 15.4 Å². The number of rotatable bonds is 4. The zero-order valence-electron chi connectivity index (χ0n) is 14.2. The molecule has 122 valence electrons. The molecule has 0 saturated carbocycles. The number of amides is 1. The second-order valence-corrected chi connectivity index (χ2v) is 7.21. The van der Waals surface area contributed by atoms with Gasteiger partial charge in [-0.15, -0.1) is 0 Å². The lowest BCUT2D eigenvalue weighted by Crippen LogP contribution is -2.42. The van der Waals surface area contributed by atoms with Crippen LogP contribution in [0.1, 0.15) is 32.4 Å². The molecule has 1 aliphatic heterocycles. The number of hydrogen-bond donors (Lipinski definition) is 1. The topological polar surface area (TPSA) is 58.8 Å². The van der Waals surface area contributed by atoms with Gasteiger partial charge in [-0.2, -0.15) is 0 Å². The molecule has 1 heterocycles. The average molecular weight is 305 g/mol. The van der Waals surface area contributed by atoms with E-state index in [4.69, 9.17) is 10.5 Å². The fourth-order valence-electron chi connectivity index (χ4n) is 2.46. The summed E-state index contributed by atoms with van der Waals surface area (Å²) >= 11 is 0. The van der Waals surface area contributed by atoms with Gasteiger partial charge in [-0.05, 0) is 37.2 Å². The third kappa shape index (κ3) is 3.59. The van der Waals surface area contributed by atoms with Crippen molar-refractivity contribution in [2.24, 2.45) is 11.1 Å². The minimum absolute atomic E-state index is 0.00386. The first-order valence-corrected chi connectivity index (χ1v) is 7.67. The van der Waals surface area contributed by atoms with Gasteiger partial charge in [0.2, 0.25) is 0 Å². The highest BCUT2D eigenvalue weighted by molar-refractivity contribution is 5.97. The molecule has 2 rings (SSSR count). The van der Waals surface area contributed by atoms with Crippen LogP contribution >= 0.6 is 0 Å². The second-order valence-electron chi connectivity index (χ2n) is 7.21. The van der Waals surface area contributed by atoms with Crippen LogP contribution in [0.5, 0.6) is 5.75 Å². The van der Waals surface area contributed by atoms with Crippen LogP contribution in [0, 0.1) is 5.41 Å². The first-order chi connectivity index (χ1) is 10.2. The third-order valence-electron chi connectivity index (χ3n) is 3.99. The van der Waals surface area contributed by atoms with Gasteiger partial charge >= 0.3 is 0 Å². The number of hydrogen-bond acceptors (Lipinski definition) is 4. The van der Waals surface area contributed by atoms with Crippen LogP contribution in [0.4, 0.5) is 5.69 Å². The van der Waals surface area contributed by atoms with Gasteiger partial charge in [-0.1, -0.05) is 26.8 Å². The smallest absolute Gasteiger partial charge is 0.265 e. The van der Waals surface area contributed by atoms with Crippen molar-refractivity contribution in [3.8, 4) is 5.75 Å². The van der Waals surface area contributed by atoms with Crippen molar-refractivity contribution in [1.29, 1.82) is 0 Å². The molecule has 0 aliphatic carbocycles. The first kappa shape index (κ1) is 16.8. The summed E-state index contributed by atoms with van der Waals surface area (Å²) < 4.78 is 5.55. The standard InChI is InChI=1S/C17H27N3O2/c1-17(2,3)16(18)12-6-7-14-13(10-12)20(9-8-19(4)5)15(21)11-22-14/h6-7,10,16H,8-9,11,18H2,1-5H3. The molecule has 2 N–H and O–H groups in total. The summed E-state index contributed by atoms with van der Waals surface area (Å²) in [6.07, 6.45) is 0. The molecule has 0 bridgehead atoms. The van der Waals surface area contributed by atoms with Gasteiger partial charge in [-0.3, -0.25) is 4.79 Å². The molecule has 5 heteroatoms. The van der Waals surface area contributed by atoms with Gasteiger partial charge in [0, 0.05) is 19.1 Å². The lowest BCUT2D eigenvalue weighted by atomic mass is 9.83. The van der Waals surface area contributed by atoms with Gasteiger partial charge in [0.05, 0.1) is 5.69 Å². The van der Waals surface area contributed by atoms with Crippen molar-refractivity contribution in [3.63, 3.8) is 0 Å². The van der Waals surface area contributed by atoms with E-state index in [1.54, 1.807) is 4.90 Å². The molecular formula is C17H27N3O2. The fourth-order valence-corrected chi connectivity index (χ4v) is 2.46. The Balaban J connectivity index is 2.33. The Morgan fingerprint density at radius 2 is 2.05 bits per heavy atom. The van der Waals surface area contributed by atoms with E-state index in [-0.39, 0.29) is 24.0 Å². The summed E-state index contributed by atoms with van der Waals surface area (Å²) in [5, 5.41) is 0. The van der Waals surface area contributed by atoms with Crippen LogP contribution in [-0.2, 0) is 4.79 Å². The van der Waals surface area contributed by atoms with Crippen molar-refractivity contribution in [2.75, 3.05) is 38.7 Å². The zero-order valence-corrected chi connectivity index (χ0v) is 14.2. The second kappa shape index (κ2) is 6.26. The van der Waals surface area contributed by atoms with Crippen LogP contribution in [0.2, 0.25) is 0 Å². The Kier molecular flexibility index (Phi) is 4.78. The Labute approximate surface area is 133 Å². The number of carbonyl (C=O) groups excluding carboxylic acids is 1. The van der Waals surface area contributed by atoms with Crippen LogP contribution in [0.25, 0.3) is 0 Å². The molecule has 0 saturated heterocycles. The third-order valence-corrected chi connectivity index (χ3v) is 3.99. The summed E-state index contributed by atoms with van der Waals surface area (Å²) in [6.45, 7) is 7.90. The monoisotopic (exact) mass is 305 g/mol. The number of ether oxygens (including phenoxy) is 1. The van der Waals surface area contributed by atoms with Crippen molar-refractivity contribution in [3.05, 3.63) is 23.8 Å². The molecule has 0 spiro atoms. The van der Waals surface area contributed by atoms with Gasteiger partial charge in [0.15, 0.2) is 6.61 Å². The highest BCUT2D eigenvalue weighted by atomic mass is 16.5. The highest BCUT2D eigenvalue weighted by Gasteiger charge is 2.28. The lowest BCUT2D eigenvalue weighted by Gasteiger charge is -2.33. The molecule has 1 aliphatic rings. The van der Waals surface area contributed by atoms with Gasteiger partial charge in [0.25, 0.3) is 5.91 Å². The maximum atomic E-state index is 12.2. The van der Waals surface area contributed by atoms with Crippen LogP contribution in [0.15, 0.2) is 18.2 Å². The summed E-state index contributed by atoms with van der Waals surface area (Å²) in [4.78, 5) is 16.1. The highest BCUT2D eigenvalue weighted by Crippen LogP contribution is 2.37. The van der Waals surface area contributed by atoms with Crippen LogP contribution in [0.3, 0.4) is 0 Å². The van der Waals surface area contributed by atoms with Gasteiger partial charge in [-0.25, -0.2) is 0 Å². The molecule has 1 aromatic rings. The number of likely N-dealkylation sites (N-methyl/N-ethyl adjacent to an activating group) is 1. The minimum atomic E-state index is -0.0921. The zero-order chi connectivity index (χ0) is 16.5. The van der Waals surface area contributed by atoms with E-state index in [0.29, 0.717) is 6.54 Å². The van der Waals surface area contributed by atoms with Gasteiger partial charge < -0.3 is 20.3 Å². The van der Waals surface area contributed by atoms with E-state index in [1.165, 1.54) is 0 Å². The first-order valence-electron chi connectivity index (χ1n) is 7.67. The van der Waals surface area contributed by atoms with E-state index in [0.717, 1.165) is 23.5 Å². The Bertz CT molecular complexity index is 549. The molecule has 1 unspecified atom stereocenters. The van der Waals surface area contributed by atoms with E-state index in [2.05, 4.69) is 25.7 Å². The predicted octanol–water partition coefficient (Wildman–Crippen LogP) is 2.02. The molecule has 0 fully saturated rings. The molecule has 22 heavy (non-hydrogen) atoms. The lowest BCUT2D eigenvalue weighted by molar-refractivity contribution is -0.121. The normalized spacial score (nSPS) is 16.5. The van der Waals surface area contributed by atoms with E-state index in [1.807, 2.05) is 32.3 Å². The molecule has 0 aromatic heterocycles. The molecule has 1 amide bonds. The number of benzene rings is 1. The number of nitrogens with zero attached hydrogens (tertiary/aromatic N) is 2. The number of nitrogens with two attached hydrogens (primary N) is 1. The maximum absolute atomic E-state index is 12.2. The molecular weight excluding hydrogens is 278 g/mol. The summed E-state index contributed by atoms with van der Waals surface area (Å²) in [5.74, 6) is 0.749. The summed E-state index contributed by atoms with van der Waals surface area (Å²) in [5.41, 5.74) is 8.17. The number of carbonyl (C=O) groups is 1. The number of anilines is 1. The molecule has 0 radical (unpaired) electrons. The Hall–Kier alpha value is -1.59. The van der Waals surface area contributed by atoms with Crippen LogP contribution in [-0.4, -0.2) is 44.6 Å². The SMILES string of the molecule is CN(C)CCN1C(=O)COc2ccc(C(N)C(C)(C)C)cc21. The summed E-state index contributed by atoms with van der Waals surface area (Å²) in [7, 11) is 4.00. The van der Waals surface area contributed by atoms with E-state index >= 15 is 0 Å². The fraction of sp³-hybridized carbons (Fsp3) is 0.588. The van der Waals surface area contributed by atoms with E-state index < -0.39 is 0 Å². The average Bonchev–Trinajstić information content (AvgIpc) is 2.43. The number of fused-ring (bicyclic) bond motifs is 1. The van der Waals surface area contributed by atoms with Crippen molar-refractivity contribution in [1.82, 2.24) is 4.90 Å². The molecule has 1 atom stereocenters. The maximum Gasteiger partial charge on any atom is 0.265 e. The largest absolute Gasteiger partial charge is 0.482 e. The van der Waals surface area contributed by atoms with Crippen molar-refractivity contribution >= 4 is 11.6 Å². The Morgan fingerprint density at radius 1 is 1.36 bits per heavy atom. The van der Waals surface area contributed by atoms with Crippen molar-refractivity contribution in [2.45, 2.75) is 26.8 Å².